The lowest BCUT2D eigenvalue weighted by Gasteiger charge is -2.21. The Bertz CT molecular complexity index is 1010. The first-order valence-electron chi connectivity index (χ1n) is 11.2. The van der Waals surface area contributed by atoms with Gasteiger partial charge in [-0.2, -0.15) is 0 Å². The van der Waals surface area contributed by atoms with Crippen LogP contribution in [0.2, 0.25) is 0 Å². The molecule has 32 heavy (non-hydrogen) atoms. The predicted octanol–water partition coefficient (Wildman–Crippen LogP) is 6.10. The van der Waals surface area contributed by atoms with Gasteiger partial charge < -0.3 is 15.0 Å². The van der Waals surface area contributed by atoms with Crippen molar-refractivity contribution in [2.75, 3.05) is 26.7 Å². The molecular weight excluding hydrogens is 396 g/mol. The summed E-state index contributed by atoms with van der Waals surface area (Å²) >= 11 is 0. The predicted molar refractivity (Wildman–Crippen MR) is 133 cm³/mol. The number of carbonyl (C=O) groups is 1. The molecule has 3 aromatic rings. The minimum absolute atomic E-state index is 0.0203. The lowest BCUT2D eigenvalue weighted by molar-refractivity contribution is 0.203. The summed E-state index contributed by atoms with van der Waals surface area (Å²) in [5.74, 6) is 0.828. The molecule has 0 aliphatic rings. The number of ether oxygens (including phenoxy) is 1. The zero-order valence-corrected chi connectivity index (χ0v) is 19.2. The van der Waals surface area contributed by atoms with Gasteiger partial charge in [-0.25, -0.2) is 4.79 Å². The average molecular weight is 429 g/mol. The van der Waals surface area contributed by atoms with Crippen molar-refractivity contribution >= 4 is 17.2 Å². The molecule has 1 N–H and O–H groups in total. The highest BCUT2D eigenvalue weighted by molar-refractivity contribution is 5.98. The van der Waals surface area contributed by atoms with Gasteiger partial charge in [-0.1, -0.05) is 72.8 Å². The fourth-order valence-corrected chi connectivity index (χ4v) is 3.85. The molecule has 0 aliphatic carbocycles. The minimum atomic E-state index is -0.0203. The molecule has 0 unspecified atom stereocenters. The van der Waals surface area contributed by atoms with Gasteiger partial charge in [-0.15, -0.1) is 0 Å². The maximum Gasteiger partial charge on any atom is 0.317 e. The largest absolute Gasteiger partial charge is 0.497 e. The van der Waals surface area contributed by atoms with Crippen LogP contribution < -0.4 is 10.1 Å². The van der Waals surface area contributed by atoms with Crippen LogP contribution in [-0.4, -0.2) is 37.7 Å². The molecule has 4 nitrogen and oxygen atoms in total. The van der Waals surface area contributed by atoms with E-state index in [0.717, 1.165) is 28.0 Å². The zero-order chi connectivity index (χ0) is 22.8. The van der Waals surface area contributed by atoms with Crippen LogP contribution in [0.25, 0.3) is 11.1 Å². The summed E-state index contributed by atoms with van der Waals surface area (Å²) in [6, 6.07) is 29.0. The summed E-state index contributed by atoms with van der Waals surface area (Å²) in [6.07, 6.45) is 0.716. The van der Waals surface area contributed by atoms with E-state index in [2.05, 4.69) is 66.0 Å². The Balaban J connectivity index is 2.05. The number of rotatable bonds is 9. The third-order valence-electron chi connectivity index (χ3n) is 5.57. The maximum atomic E-state index is 12.5. The fourth-order valence-electron chi connectivity index (χ4n) is 3.85. The van der Waals surface area contributed by atoms with Crippen LogP contribution in [0, 0.1) is 0 Å². The third-order valence-corrected chi connectivity index (χ3v) is 5.57. The van der Waals surface area contributed by atoms with E-state index in [1.165, 1.54) is 5.57 Å². The molecule has 0 bridgehead atoms. The maximum absolute atomic E-state index is 12.5. The molecule has 0 atom stereocenters. The lowest BCUT2D eigenvalue weighted by atomic mass is 9.88. The van der Waals surface area contributed by atoms with Gasteiger partial charge in [-0.3, -0.25) is 0 Å². The number of nitrogens with zero attached hydrogens (tertiary/aromatic N) is 1. The summed E-state index contributed by atoms with van der Waals surface area (Å²) in [5.41, 5.74) is 5.77. The van der Waals surface area contributed by atoms with Crippen LogP contribution >= 0.6 is 0 Å². The summed E-state index contributed by atoms with van der Waals surface area (Å²) in [7, 11) is 1.68. The lowest BCUT2D eigenvalue weighted by Crippen LogP contribution is -2.40. The second-order valence-electron chi connectivity index (χ2n) is 7.47. The normalized spacial score (nSPS) is 11.5. The standard InChI is InChI=1S/C28H32N2O2/c1-4-30(5-2)28(31)29-21-20-26(22-12-8-6-9-13-22)27(23-14-10-7-11-15-23)24-16-18-25(32-3)19-17-24/h6-19H,4-5,20-21H2,1-3H3,(H,29,31)/b27-26-. The Morgan fingerprint density at radius 2 is 1.31 bits per heavy atom. The summed E-state index contributed by atoms with van der Waals surface area (Å²) in [4.78, 5) is 14.3. The number of hydrogen-bond acceptors (Lipinski definition) is 2. The van der Waals surface area contributed by atoms with Crippen LogP contribution in [0.4, 0.5) is 4.79 Å². The molecule has 0 fully saturated rings. The SMILES string of the molecule is CCN(CC)C(=O)NCC/C(=C(\c1ccccc1)c1ccc(OC)cc1)c1ccccc1. The highest BCUT2D eigenvalue weighted by Crippen LogP contribution is 2.34. The van der Waals surface area contributed by atoms with Crippen LogP contribution in [0.1, 0.15) is 37.0 Å². The molecule has 0 aromatic heterocycles. The second kappa shape index (κ2) is 11.8. The van der Waals surface area contributed by atoms with Gasteiger partial charge >= 0.3 is 6.03 Å². The van der Waals surface area contributed by atoms with E-state index < -0.39 is 0 Å². The third kappa shape index (κ3) is 5.79. The highest BCUT2D eigenvalue weighted by Gasteiger charge is 2.15. The topological polar surface area (TPSA) is 41.6 Å². The van der Waals surface area contributed by atoms with E-state index in [1.807, 2.05) is 38.1 Å². The van der Waals surface area contributed by atoms with Gasteiger partial charge in [0, 0.05) is 19.6 Å². The smallest absolute Gasteiger partial charge is 0.317 e. The van der Waals surface area contributed by atoms with E-state index in [1.54, 1.807) is 12.0 Å². The second-order valence-corrected chi connectivity index (χ2v) is 7.47. The van der Waals surface area contributed by atoms with Gasteiger partial charge in [0.15, 0.2) is 0 Å². The van der Waals surface area contributed by atoms with Crippen LogP contribution in [-0.2, 0) is 0 Å². The quantitative estimate of drug-likeness (QED) is 0.419. The molecule has 0 spiro atoms. The molecule has 3 aromatic carbocycles. The van der Waals surface area contributed by atoms with Gasteiger partial charge in [0.1, 0.15) is 5.75 Å². The Morgan fingerprint density at radius 1 is 0.781 bits per heavy atom. The number of benzene rings is 3. The summed E-state index contributed by atoms with van der Waals surface area (Å²) in [5, 5.41) is 3.09. The van der Waals surface area contributed by atoms with Gasteiger partial charge in [-0.05, 0) is 60.2 Å². The number of hydrogen-bond donors (Lipinski definition) is 1. The Labute approximate surface area is 191 Å². The highest BCUT2D eigenvalue weighted by atomic mass is 16.5. The Morgan fingerprint density at radius 3 is 1.84 bits per heavy atom. The molecule has 2 amide bonds. The van der Waals surface area contributed by atoms with E-state index in [0.29, 0.717) is 26.1 Å². The van der Waals surface area contributed by atoms with E-state index >= 15 is 0 Å². The van der Waals surface area contributed by atoms with Crippen molar-refractivity contribution in [2.45, 2.75) is 20.3 Å². The van der Waals surface area contributed by atoms with Crippen molar-refractivity contribution < 1.29 is 9.53 Å². The Hall–Kier alpha value is -3.53. The van der Waals surface area contributed by atoms with Crippen molar-refractivity contribution in [3.8, 4) is 5.75 Å². The van der Waals surface area contributed by atoms with Gasteiger partial charge in [0.25, 0.3) is 0 Å². The number of carbonyl (C=O) groups excluding carboxylic acids is 1. The Kier molecular flexibility index (Phi) is 8.50. The first kappa shape index (κ1) is 23.1. The fraction of sp³-hybridized carbons (Fsp3) is 0.250. The molecule has 0 heterocycles. The molecule has 3 rings (SSSR count). The average Bonchev–Trinajstić information content (AvgIpc) is 2.85. The number of nitrogens with one attached hydrogen (secondary N) is 1. The van der Waals surface area contributed by atoms with Crippen molar-refractivity contribution in [1.29, 1.82) is 0 Å². The summed E-state index contributed by atoms with van der Waals surface area (Å²) < 4.78 is 5.37. The zero-order valence-electron chi connectivity index (χ0n) is 19.2. The molecule has 166 valence electrons. The number of methoxy groups -OCH3 is 1. The van der Waals surface area contributed by atoms with Crippen molar-refractivity contribution in [3.05, 3.63) is 102 Å². The molecule has 0 radical (unpaired) electrons. The monoisotopic (exact) mass is 428 g/mol. The van der Waals surface area contributed by atoms with Crippen LogP contribution in [0.5, 0.6) is 5.75 Å². The summed E-state index contributed by atoms with van der Waals surface area (Å²) in [6.45, 7) is 5.95. The van der Waals surface area contributed by atoms with Crippen LogP contribution in [0.3, 0.4) is 0 Å². The minimum Gasteiger partial charge on any atom is -0.497 e. The van der Waals surface area contributed by atoms with Crippen molar-refractivity contribution in [3.63, 3.8) is 0 Å². The first-order valence-corrected chi connectivity index (χ1v) is 11.2. The van der Waals surface area contributed by atoms with E-state index in [-0.39, 0.29) is 6.03 Å². The number of amides is 2. The molecule has 0 aliphatic heterocycles. The molecule has 0 saturated heterocycles. The van der Waals surface area contributed by atoms with E-state index in [4.69, 9.17) is 4.74 Å². The van der Waals surface area contributed by atoms with Crippen LogP contribution in [0.15, 0.2) is 84.9 Å². The first-order chi connectivity index (χ1) is 15.7. The van der Waals surface area contributed by atoms with Crippen molar-refractivity contribution in [1.82, 2.24) is 10.2 Å². The van der Waals surface area contributed by atoms with Crippen molar-refractivity contribution in [2.24, 2.45) is 0 Å². The number of urea groups is 1. The van der Waals surface area contributed by atoms with Gasteiger partial charge in [0.05, 0.1) is 7.11 Å². The molecule has 0 saturated carbocycles. The molecular formula is C28H32N2O2. The van der Waals surface area contributed by atoms with Gasteiger partial charge in [0.2, 0.25) is 0 Å². The van der Waals surface area contributed by atoms with E-state index in [9.17, 15) is 4.79 Å². The molecule has 4 heteroatoms.